The number of fused-ring (bicyclic) bond motifs is 1. The molecule has 0 radical (unpaired) electrons. The molecule has 252 valence electrons. The van der Waals surface area contributed by atoms with Gasteiger partial charge in [-0.3, -0.25) is 4.79 Å². The number of nitrogens with zero attached hydrogens (tertiary/aromatic N) is 2. The summed E-state index contributed by atoms with van der Waals surface area (Å²) in [5.74, 6) is 0.538. The van der Waals surface area contributed by atoms with Crippen molar-refractivity contribution in [1.29, 1.82) is 0 Å². The van der Waals surface area contributed by atoms with Crippen LogP contribution in [-0.4, -0.2) is 45.2 Å². The lowest BCUT2D eigenvalue weighted by Gasteiger charge is -2.23. The topological polar surface area (TPSA) is 87.0 Å². The zero-order chi connectivity index (χ0) is 34.4. The van der Waals surface area contributed by atoms with E-state index in [4.69, 9.17) is 4.74 Å². The fraction of sp³-hybridized carbons (Fsp3) is 0.325. The molecule has 0 atom stereocenters. The highest BCUT2D eigenvalue weighted by molar-refractivity contribution is 6.05. The minimum atomic E-state index is -0.436. The van der Waals surface area contributed by atoms with E-state index in [1.165, 1.54) is 66.0 Å². The number of benzene rings is 4. The summed E-state index contributed by atoms with van der Waals surface area (Å²) in [5, 5.41) is 25.1. The first-order valence-corrected chi connectivity index (χ1v) is 16.8. The second kappa shape index (κ2) is 15.4. The van der Waals surface area contributed by atoms with Gasteiger partial charge in [0.05, 0.1) is 5.56 Å². The number of rotatable bonds is 14. The Morgan fingerprint density at radius 1 is 0.917 bits per heavy atom. The lowest BCUT2D eigenvalue weighted by molar-refractivity contribution is 0.102. The maximum Gasteiger partial charge on any atom is 0.255 e. The van der Waals surface area contributed by atoms with Crippen molar-refractivity contribution in [3.63, 3.8) is 0 Å². The molecule has 5 rings (SSSR count). The highest BCUT2D eigenvalue weighted by Crippen LogP contribution is 2.40. The van der Waals surface area contributed by atoms with Gasteiger partial charge in [-0.05, 0) is 118 Å². The van der Waals surface area contributed by atoms with Gasteiger partial charge in [0, 0.05) is 46.5 Å². The summed E-state index contributed by atoms with van der Waals surface area (Å²) >= 11 is 0. The molecule has 4 aromatic carbocycles. The van der Waals surface area contributed by atoms with Gasteiger partial charge in [-0.2, -0.15) is 0 Å². The monoisotopic (exact) mass is 651 g/mol. The van der Waals surface area contributed by atoms with E-state index in [0.29, 0.717) is 28.5 Å². The maximum atomic E-state index is 13.3. The molecule has 0 aliphatic carbocycles. The van der Waals surface area contributed by atoms with Gasteiger partial charge in [0.15, 0.2) is 0 Å². The minimum Gasteiger partial charge on any atom is -0.507 e. The van der Waals surface area contributed by atoms with Crippen LogP contribution >= 0.6 is 0 Å². The molecule has 0 saturated heterocycles. The van der Waals surface area contributed by atoms with Crippen LogP contribution < -0.4 is 10.1 Å². The Labute approximate surface area is 282 Å². The number of carbonyl (C=O) groups excluding carboxylic acids is 1. The molecular formula is C40H46FN3O4. The lowest BCUT2D eigenvalue weighted by atomic mass is 10.0. The van der Waals surface area contributed by atoms with E-state index in [1.807, 2.05) is 6.07 Å². The third kappa shape index (κ3) is 8.17. The lowest BCUT2D eigenvalue weighted by Crippen LogP contribution is -2.28. The smallest absolute Gasteiger partial charge is 0.255 e. The first-order chi connectivity index (χ1) is 23.0. The van der Waals surface area contributed by atoms with Gasteiger partial charge in [0.2, 0.25) is 0 Å². The number of anilines is 1. The minimum absolute atomic E-state index is 0.150. The van der Waals surface area contributed by atoms with E-state index in [1.54, 1.807) is 24.3 Å². The van der Waals surface area contributed by atoms with E-state index in [2.05, 4.69) is 61.5 Å². The first-order valence-electron chi connectivity index (χ1n) is 16.8. The van der Waals surface area contributed by atoms with Gasteiger partial charge in [-0.25, -0.2) is 4.39 Å². The normalized spacial score (nSPS) is 11.5. The third-order valence-corrected chi connectivity index (χ3v) is 8.85. The summed E-state index contributed by atoms with van der Waals surface area (Å²) in [6, 6.07) is 21.1. The standard InChI is InChI=1S/C40H46FN3O4/c1-6-18-43(21-17-26(2)3)19-8-20-44-28(5)27(4)35-25-34(15-16-36(35)44)48-33-10-7-9-30(22-33)40(47)42-32-23-37(45)39(38(46)24-32)29-11-13-31(41)14-12-29/h7,9-16,22-26,45-46H,6,8,17-21H2,1-5H3,(H,42,47). The van der Waals surface area contributed by atoms with Crippen molar-refractivity contribution in [3.8, 4) is 34.1 Å². The Kier molecular flexibility index (Phi) is 11.1. The maximum absolute atomic E-state index is 13.3. The molecule has 3 N–H and O–H groups in total. The van der Waals surface area contributed by atoms with Crippen LogP contribution in [0.15, 0.2) is 78.9 Å². The number of aromatic nitrogens is 1. The number of hydrogen-bond donors (Lipinski definition) is 3. The van der Waals surface area contributed by atoms with Crippen LogP contribution in [0.4, 0.5) is 10.1 Å². The predicted octanol–water partition coefficient (Wildman–Crippen LogP) is 9.67. The number of amides is 1. The average Bonchev–Trinajstić information content (AvgIpc) is 3.28. The predicted molar refractivity (Wildman–Crippen MR) is 192 cm³/mol. The first kappa shape index (κ1) is 34.5. The van der Waals surface area contributed by atoms with Crippen molar-refractivity contribution in [2.45, 2.75) is 60.4 Å². The molecule has 0 spiro atoms. The number of nitrogens with one attached hydrogen (secondary N) is 1. The summed E-state index contributed by atoms with van der Waals surface area (Å²) in [7, 11) is 0. The van der Waals surface area contributed by atoms with Gasteiger partial charge in [-0.15, -0.1) is 0 Å². The summed E-state index contributed by atoms with van der Waals surface area (Å²) in [6.45, 7) is 15.5. The van der Waals surface area contributed by atoms with Gasteiger partial charge in [-0.1, -0.05) is 39.0 Å². The Morgan fingerprint density at radius 2 is 1.62 bits per heavy atom. The number of aromatic hydroxyl groups is 2. The van der Waals surface area contributed by atoms with Crippen LogP contribution in [-0.2, 0) is 6.54 Å². The number of carbonyl (C=O) groups is 1. The van der Waals surface area contributed by atoms with Crippen molar-refractivity contribution >= 4 is 22.5 Å². The molecule has 0 bridgehead atoms. The van der Waals surface area contributed by atoms with Crippen molar-refractivity contribution < 1.29 is 24.1 Å². The number of phenols is 2. The molecule has 0 fully saturated rings. The van der Waals surface area contributed by atoms with Crippen LogP contribution in [0.2, 0.25) is 0 Å². The van der Waals surface area contributed by atoms with Gasteiger partial charge in [0.25, 0.3) is 5.91 Å². The quantitative estimate of drug-likeness (QED) is 0.111. The van der Waals surface area contributed by atoms with Crippen LogP contribution in [0.1, 0.15) is 61.6 Å². The van der Waals surface area contributed by atoms with Gasteiger partial charge in [0.1, 0.15) is 28.8 Å². The second-order valence-electron chi connectivity index (χ2n) is 12.9. The molecule has 0 saturated carbocycles. The van der Waals surface area contributed by atoms with Gasteiger partial charge < -0.3 is 29.7 Å². The number of hydrogen-bond acceptors (Lipinski definition) is 5. The molecule has 0 aliphatic heterocycles. The summed E-state index contributed by atoms with van der Waals surface area (Å²) in [4.78, 5) is 15.7. The Hall–Kier alpha value is -4.82. The van der Waals surface area contributed by atoms with E-state index in [-0.39, 0.29) is 22.7 Å². The second-order valence-corrected chi connectivity index (χ2v) is 12.9. The summed E-state index contributed by atoms with van der Waals surface area (Å²) < 4.78 is 22.0. The molecule has 1 aromatic heterocycles. The van der Waals surface area contributed by atoms with Crippen molar-refractivity contribution in [2.75, 3.05) is 25.0 Å². The summed E-state index contributed by atoms with van der Waals surface area (Å²) in [5.41, 5.74) is 4.82. The zero-order valence-corrected chi connectivity index (χ0v) is 28.5. The van der Waals surface area contributed by atoms with Crippen LogP contribution in [0.3, 0.4) is 0 Å². The van der Waals surface area contributed by atoms with E-state index in [9.17, 15) is 19.4 Å². The van der Waals surface area contributed by atoms with Crippen LogP contribution in [0.5, 0.6) is 23.0 Å². The van der Waals surface area contributed by atoms with Gasteiger partial charge >= 0.3 is 0 Å². The Morgan fingerprint density at radius 3 is 2.31 bits per heavy atom. The van der Waals surface area contributed by atoms with E-state index in [0.717, 1.165) is 38.0 Å². The number of aryl methyl sites for hydroxylation is 2. The molecule has 48 heavy (non-hydrogen) atoms. The fourth-order valence-corrected chi connectivity index (χ4v) is 6.16. The molecule has 0 aliphatic rings. The number of phenolic OH excluding ortho intramolecular Hbond substituents is 2. The Balaban J connectivity index is 1.26. The van der Waals surface area contributed by atoms with E-state index < -0.39 is 11.7 Å². The SMILES string of the molecule is CCCN(CCCn1c(C)c(C)c2cc(Oc3cccc(C(=O)Nc4cc(O)c(-c5ccc(F)cc5)c(O)c4)c3)ccc21)CCC(C)C. The van der Waals surface area contributed by atoms with Crippen molar-refractivity contribution in [3.05, 3.63) is 102 Å². The molecule has 5 aromatic rings. The number of halogens is 1. The average molecular weight is 652 g/mol. The van der Waals surface area contributed by atoms with Crippen LogP contribution in [0, 0.1) is 25.6 Å². The number of ether oxygens (including phenoxy) is 1. The molecule has 7 nitrogen and oxygen atoms in total. The fourth-order valence-electron chi connectivity index (χ4n) is 6.16. The largest absolute Gasteiger partial charge is 0.507 e. The summed E-state index contributed by atoms with van der Waals surface area (Å²) in [6.07, 6.45) is 3.48. The van der Waals surface area contributed by atoms with Crippen LogP contribution in [0.25, 0.3) is 22.0 Å². The Bertz CT molecular complexity index is 1860. The molecule has 0 unspecified atom stereocenters. The highest BCUT2D eigenvalue weighted by Gasteiger charge is 2.16. The molecule has 8 heteroatoms. The molecular weight excluding hydrogens is 605 g/mol. The molecule has 1 amide bonds. The third-order valence-electron chi connectivity index (χ3n) is 8.85. The zero-order valence-electron chi connectivity index (χ0n) is 28.5. The molecule has 1 heterocycles. The van der Waals surface area contributed by atoms with Crippen molar-refractivity contribution in [1.82, 2.24) is 9.47 Å². The van der Waals surface area contributed by atoms with Crippen molar-refractivity contribution in [2.24, 2.45) is 5.92 Å². The highest BCUT2D eigenvalue weighted by atomic mass is 19.1. The van der Waals surface area contributed by atoms with E-state index >= 15 is 0 Å².